The number of carbonyl (C=O) groups is 1. The molecule has 0 aliphatic heterocycles. The normalized spacial score (nSPS) is 12.5. The van der Waals surface area contributed by atoms with Gasteiger partial charge in [-0.2, -0.15) is 0 Å². The van der Waals surface area contributed by atoms with E-state index in [1.807, 2.05) is 13.8 Å². The molecule has 1 atom stereocenters. The van der Waals surface area contributed by atoms with Gasteiger partial charge in [-0.25, -0.2) is 4.98 Å². The van der Waals surface area contributed by atoms with Crippen LogP contribution in [0.3, 0.4) is 0 Å². The summed E-state index contributed by atoms with van der Waals surface area (Å²) in [6, 6.07) is 0.142. The Kier molecular flexibility index (Phi) is 4.35. The van der Waals surface area contributed by atoms with Crippen LogP contribution < -0.4 is 4.90 Å². The number of anilines is 1. The summed E-state index contributed by atoms with van der Waals surface area (Å²) < 4.78 is 0. The van der Waals surface area contributed by atoms with Crippen molar-refractivity contribution in [2.24, 2.45) is 0 Å². The molecule has 1 aromatic rings. The highest BCUT2D eigenvalue weighted by Crippen LogP contribution is 2.25. The maximum atomic E-state index is 10.7. The number of carboxylic acids is 1. The molecule has 0 aliphatic rings. The van der Waals surface area contributed by atoms with Crippen LogP contribution in [0.2, 0.25) is 5.15 Å². The Balaban J connectivity index is 2.85. The minimum Gasteiger partial charge on any atom is -0.480 e. The third-order valence-corrected chi connectivity index (χ3v) is 3.34. The van der Waals surface area contributed by atoms with Crippen molar-refractivity contribution < 1.29 is 9.90 Å². The monoisotopic (exact) mass is 248 g/mol. The van der Waals surface area contributed by atoms with Crippen molar-refractivity contribution in [3.05, 3.63) is 10.5 Å². The van der Waals surface area contributed by atoms with Gasteiger partial charge in [0.25, 0.3) is 0 Å². The maximum absolute atomic E-state index is 10.7. The lowest BCUT2D eigenvalue weighted by Gasteiger charge is -2.25. The van der Waals surface area contributed by atoms with Crippen LogP contribution in [-0.2, 0) is 4.79 Å². The topological polar surface area (TPSA) is 53.4 Å². The zero-order valence-corrected chi connectivity index (χ0v) is 10.2. The summed E-state index contributed by atoms with van der Waals surface area (Å²) in [5.41, 5.74) is 0. The van der Waals surface area contributed by atoms with Gasteiger partial charge in [0.05, 0.1) is 0 Å². The lowest BCUT2D eigenvalue weighted by atomic mass is 10.2. The van der Waals surface area contributed by atoms with Gasteiger partial charge < -0.3 is 10.0 Å². The molecule has 0 aromatic carbocycles. The molecule has 1 aromatic heterocycles. The molecule has 1 rings (SSSR count). The molecule has 0 saturated carbocycles. The van der Waals surface area contributed by atoms with Gasteiger partial charge in [-0.05, 0) is 13.3 Å². The molecule has 0 radical (unpaired) electrons. The second kappa shape index (κ2) is 5.32. The van der Waals surface area contributed by atoms with E-state index < -0.39 is 5.97 Å². The summed E-state index contributed by atoms with van der Waals surface area (Å²) in [5.74, 6) is -0.860. The first-order valence-electron chi connectivity index (χ1n) is 4.64. The van der Waals surface area contributed by atoms with Crippen LogP contribution >= 0.6 is 22.9 Å². The highest BCUT2D eigenvalue weighted by atomic mass is 35.5. The van der Waals surface area contributed by atoms with Crippen molar-refractivity contribution in [1.29, 1.82) is 0 Å². The number of hydrogen-bond donors (Lipinski definition) is 1. The summed E-state index contributed by atoms with van der Waals surface area (Å²) in [5, 5.41) is 11.6. The highest BCUT2D eigenvalue weighted by molar-refractivity contribution is 7.14. The first-order chi connectivity index (χ1) is 7.04. The molecule has 84 valence electrons. The summed E-state index contributed by atoms with van der Waals surface area (Å²) in [4.78, 5) is 16.5. The lowest BCUT2D eigenvalue weighted by molar-refractivity contribution is -0.135. The number of aliphatic carboxylic acids is 1. The van der Waals surface area contributed by atoms with E-state index >= 15 is 0 Å². The van der Waals surface area contributed by atoms with Crippen LogP contribution in [0.5, 0.6) is 0 Å². The van der Waals surface area contributed by atoms with Crippen LogP contribution in [0.1, 0.15) is 20.3 Å². The van der Waals surface area contributed by atoms with Gasteiger partial charge in [0.15, 0.2) is 5.13 Å². The molecule has 0 spiro atoms. The van der Waals surface area contributed by atoms with Gasteiger partial charge in [0.2, 0.25) is 0 Å². The van der Waals surface area contributed by atoms with E-state index in [9.17, 15) is 4.79 Å². The van der Waals surface area contributed by atoms with Gasteiger partial charge in [0.1, 0.15) is 11.7 Å². The molecule has 0 aliphatic carbocycles. The van der Waals surface area contributed by atoms with E-state index in [-0.39, 0.29) is 12.6 Å². The van der Waals surface area contributed by atoms with Gasteiger partial charge in [-0.3, -0.25) is 4.79 Å². The second-order valence-corrected chi connectivity index (χ2v) is 4.46. The van der Waals surface area contributed by atoms with Crippen molar-refractivity contribution in [2.45, 2.75) is 26.3 Å². The molecule has 0 fully saturated rings. The average Bonchev–Trinajstić information content (AvgIpc) is 2.59. The Morgan fingerprint density at radius 3 is 2.87 bits per heavy atom. The Labute approximate surface area is 97.5 Å². The molecular weight excluding hydrogens is 236 g/mol. The fourth-order valence-corrected chi connectivity index (χ4v) is 2.21. The SMILES string of the molecule is CCC(C)N(CC(=O)O)c1nc(Cl)cs1. The van der Waals surface area contributed by atoms with E-state index in [4.69, 9.17) is 16.7 Å². The molecule has 1 N–H and O–H groups in total. The van der Waals surface area contributed by atoms with Crippen LogP contribution in [0, 0.1) is 0 Å². The summed E-state index contributed by atoms with van der Waals surface area (Å²) in [6.07, 6.45) is 0.866. The van der Waals surface area contributed by atoms with Crippen molar-refractivity contribution in [1.82, 2.24) is 4.98 Å². The Bertz CT molecular complexity index is 343. The number of carboxylic acid groups (broad SMARTS) is 1. The number of nitrogens with zero attached hydrogens (tertiary/aromatic N) is 2. The molecule has 0 amide bonds. The predicted molar refractivity (Wildman–Crippen MR) is 61.9 cm³/mol. The molecule has 0 bridgehead atoms. The molecule has 4 nitrogen and oxygen atoms in total. The standard InChI is InChI=1S/C9H13ClN2O2S/c1-3-6(2)12(4-8(13)14)9-11-7(10)5-15-9/h5-6H,3-4H2,1-2H3,(H,13,14). The fraction of sp³-hybridized carbons (Fsp3) is 0.556. The summed E-state index contributed by atoms with van der Waals surface area (Å²) in [7, 11) is 0. The van der Waals surface area contributed by atoms with Crippen LogP contribution in [0.4, 0.5) is 5.13 Å². The average molecular weight is 249 g/mol. The molecule has 0 saturated heterocycles. The summed E-state index contributed by atoms with van der Waals surface area (Å²) >= 11 is 7.08. The van der Waals surface area contributed by atoms with E-state index in [1.54, 1.807) is 10.3 Å². The predicted octanol–water partition coefficient (Wildman–Crippen LogP) is 2.49. The van der Waals surface area contributed by atoms with Crippen molar-refractivity contribution in [2.75, 3.05) is 11.4 Å². The zero-order chi connectivity index (χ0) is 11.4. The van der Waals surface area contributed by atoms with Gasteiger partial charge in [-0.15, -0.1) is 11.3 Å². The van der Waals surface area contributed by atoms with Crippen LogP contribution in [0.25, 0.3) is 0 Å². The number of hydrogen-bond acceptors (Lipinski definition) is 4. The van der Waals surface area contributed by atoms with E-state index in [0.29, 0.717) is 10.3 Å². The second-order valence-electron chi connectivity index (χ2n) is 3.23. The molecule has 15 heavy (non-hydrogen) atoms. The van der Waals surface area contributed by atoms with E-state index in [1.165, 1.54) is 11.3 Å². The maximum Gasteiger partial charge on any atom is 0.323 e. The molecule has 1 heterocycles. The lowest BCUT2D eigenvalue weighted by Crippen LogP contribution is -2.37. The number of thiazole rings is 1. The highest BCUT2D eigenvalue weighted by Gasteiger charge is 2.18. The van der Waals surface area contributed by atoms with Gasteiger partial charge >= 0.3 is 5.97 Å². The van der Waals surface area contributed by atoms with Crippen molar-refractivity contribution >= 4 is 34.0 Å². The Hall–Kier alpha value is -0.810. The largest absolute Gasteiger partial charge is 0.480 e. The third-order valence-electron chi connectivity index (χ3n) is 2.14. The van der Waals surface area contributed by atoms with Gasteiger partial charge in [0, 0.05) is 11.4 Å². The van der Waals surface area contributed by atoms with Gasteiger partial charge in [-0.1, -0.05) is 18.5 Å². The van der Waals surface area contributed by atoms with E-state index in [2.05, 4.69) is 4.98 Å². The minimum absolute atomic E-state index is 0.0428. The van der Waals surface area contributed by atoms with Crippen LogP contribution in [-0.4, -0.2) is 28.6 Å². The molecule has 1 unspecified atom stereocenters. The summed E-state index contributed by atoms with van der Waals surface area (Å²) in [6.45, 7) is 3.94. The first-order valence-corrected chi connectivity index (χ1v) is 5.89. The Morgan fingerprint density at radius 1 is 1.80 bits per heavy atom. The molecule has 6 heteroatoms. The quantitative estimate of drug-likeness (QED) is 0.870. The zero-order valence-electron chi connectivity index (χ0n) is 8.61. The minimum atomic E-state index is -0.860. The van der Waals surface area contributed by atoms with Crippen LogP contribution in [0.15, 0.2) is 5.38 Å². The number of halogens is 1. The van der Waals surface area contributed by atoms with Crippen molar-refractivity contribution in [3.63, 3.8) is 0 Å². The number of rotatable bonds is 5. The number of aromatic nitrogens is 1. The van der Waals surface area contributed by atoms with Crippen molar-refractivity contribution in [3.8, 4) is 0 Å². The molecular formula is C9H13ClN2O2S. The van der Waals surface area contributed by atoms with E-state index in [0.717, 1.165) is 6.42 Å². The third kappa shape index (κ3) is 3.35. The smallest absolute Gasteiger partial charge is 0.323 e. The first kappa shape index (κ1) is 12.3. The fourth-order valence-electron chi connectivity index (χ4n) is 1.16. The Morgan fingerprint density at radius 2 is 2.47 bits per heavy atom.